The van der Waals surface area contributed by atoms with Crippen LogP contribution in [-0.2, 0) is 6.54 Å². The molecule has 0 unspecified atom stereocenters. The van der Waals surface area contributed by atoms with E-state index in [-0.39, 0.29) is 0 Å². The zero-order valence-electron chi connectivity index (χ0n) is 11.1. The lowest BCUT2D eigenvalue weighted by molar-refractivity contribution is 0.325. The van der Waals surface area contributed by atoms with Crippen molar-refractivity contribution in [3.05, 3.63) is 11.9 Å². The van der Waals surface area contributed by atoms with E-state index in [2.05, 4.69) is 39.8 Å². The monoisotopic (exact) mass is 236 g/mol. The standard InChI is InChI=1S/C13H24N4/c1-3-14-13-15-12(2)11-17(13)10-6-9-16-7-4-5-8-16/h11H,3-10H2,1-2H3,(H,14,15). The van der Waals surface area contributed by atoms with Crippen LogP contribution < -0.4 is 5.32 Å². The molecule has 0 bridgehead atoms. The molecule has 0 aromatic carbocycles. The lowest BCUT2D eigenvalue weighted by Gasteiger charge is -2.15. The summed E-state index contributed by atoms with van der Waals surface area (Å²) in [6.07, 6.45) is 6.12. The number of rotatable bonds is 6. The summed E-state index contributed by atoms with van der Waals surface area (Å²) in [6.45, 7) is 9.98. The Bertz CT molecular complexity index is 339. The number of nitrogens with one attached hydrogen (secondary N) is 1. The van der Waals surface area contributed by atoms with E-state index in [1.807, 2.05) is 0 Å². The van der Waals surface area contributed by atoms with Crippen LogP contribution in [0.1, 0.15) is 31.9 Å². The van der Waals surface area contributed by atoms with Gasteiger partial charge in [-0.25, -0.2) is 4.98 Å². The number of hydrogen-bond donors (Lipinski definition) is 1. The molecule has 0 saturated carbocycles. The second kappa shape index (κ2) is 6.05. The normalized spacial score (nSPS) is 16.6. The molecule has 2 heterocycles. The van der Waals surface area contributed by atoms with Gasteiger partial charge in [0.1, 0.15) is 0 Å². The summed E-state index contributed by atoms with van der Waals surface area (Å²) in [5, 5.41) is 3.31. The van der Waals surface area contributed by atoms with Gasteiger partial charge in [-0.15, -0.1) is 0 Å². The minimum atomic E-state index is 0.933. The maximum atomic E-state index is 4.49. The Morgan fingerprint density at radius 1 is 1.29 bits per heavy atom. The van der Waals surface area contributed by atoms with Crippen LogP contribution >= 0.6 is 0 Å². The van der Waals surface area contributed by atoms with Gasteiger partial charge in [-0.3, -0.25) is 0 Å². The van der Waals surface area contributed by atoms with Crippen molar-refractivity contribution in [1.82, 2.24) is 14.5 Å². The van der Waals surface area contributed by atoms with Crippen LogP contribution in [0, 0.1) is 6.92 Å². The summed E-state index contributed by atoms with van der Waals surface area (Å²) in [7, 11) is 0. The molecular formula is C13H24N4. The van der Waals surface area contributed by atoms with Crippen LogP contribution in [0.3, 0.4) is 0 Å². The number of aromatic nitrogens is 2. The Balaban J connectivity index is 1.80. The Kier molecular flexibility index (Phi) is 4.42. The average molecular weight is 236 g/mol. The fraction of sp³-hybridized carbons (Fsp3) is 0.769. The molecule has 1 aromatic heterocycles. The third-order valence-electron chi connectivity index (χ3n) is 3.30. The Morgan fingerprint density at radius 2 is 2.06 bits per heavy atom. The van der Waals surface area contributed by atoms with Gasteiger partial charge in [0.25, 0.3) is 0 Å². The lowest BCUT2D eigenvalue weighted by atomic mass is 10.4. The molecule has 0 amide bonds. The number of imidazole rings is 1. The minimum Gasteiger partial charge on any atom is -0.356 e. The van der Waals surface area contributed by atoms with Crippen LogP contribution in [-0.4, -0.2) is 40.6 Å². The number of anilines is 1. The molecule has 0 spiro atoms. The summed E-state index contributed by atoms with van der Waals surface area (Å²) in [5.41, 5.74) is 1.10. The molecule has 1 saturated heterocycles. The average Bonchev–Trinajstić information content (AvgIpc) is 2.90. The van der Waals surface area contributed by atoms with Crippen molar-refractivity contribution in [3.63, 3.8) is 0 Å². The summed E-state index contributed by atoms with van der Waals surface area (Å²) >= 11 is 0. The van der Waals surface area contributed by atoms with E-state index in [1.54, 1.807) is 0 Å². The second-order valence-corrected chi connectivity index (χ2v) is 4.83. The lowest BCUT2D eigenvalue weighted by Crippen LogP contribution is -2.21. The zero-order chi connectivity index (χ0) is 12.1. The quantitative estimate of drug-likeness (QED) is 0.821. The van der Waals surface area contributed by atoms with Crippen LogP contribution in [0.25, 0.3) is 0 Å². The van der Waals surface area contributed by atoms with Crippen LogP contribution in [0.15, 0.2) is 6.20 Å². The SMILES string of the molecule is CCNc1nc(C)cn1CCCN1CCCC1. The van der Waals surface area contributed by atoms with Crippen molar-refractivity contribution in [3.8, 4) is 0 Å². The highest BCUT2D eigenvalue weighted by Gasteiger charge is 2.11. The minimum absolute atomic E-state index is 0.933. The number of hydrogen-bond acceptors (Lipinski definition) is 3. The topological polar surface area (TPSA) is 33.1 Å². The highest BCUT2D eigenvalue weighted by Crippen LogP contribution is 2.11. The van der Waals surface area contributed by atoms with Gasteiger partial charge in [-0.05, 0) is 52.7 Å². The number of nitrogens with zero attached hydrogens (tertiary/aromatic N) is 3. The van der Waals surface area contributed by atoms with Gasteiger partial charge in [0.2, 0.25) is 5.95 Å². The molecule has 1 aliphatic rings. The van der Waals surface area contributed by atoms with Gasteiger partial charge in [0.15, 0.2) is 0 Å². The van der Waals surface area contributed by atoms with Gasteiger partial charge >= 0.3 is 0 Å². The molecular weight excluding hydrogens is 212 g/mol. The smallest absolute Gasteiger partial charge is 0.203 e. The first-order chi connectivity index (χ1) is 8.29. The van der Waals surface area contributed by atoms with E-state index in [0.29, 0.717) is 0 Å². The van der Waals surface area contributed by atoms with Crippen molar-refractivity contribution in [2.45, 2.75) is 39.7 Å². The number of likely N-dealkylation sites (tertiary alicyclic amines) is 1. The third kappa shape index (κ3) is 3.46. The first-order valence-electron chi connectivity index (χ1n) is 6.79. The molecule has 0 atom stereocenters. The van der Waals surface area contributed by atoms with Crippen molar-refractivity contribution >= 4 is 5.95 Å². The van der Waals surface area contributed by atoms with E-state index in [0.717, 1.165) is 24.7 Å². The molecule has 1 aromatic rings. The molecule has 4 heteroatoms. The molecule has 0 aliphatic carbocycles. The van der Waals surface area contributed by atoms with Crippen molar-refractivity contribution in [1.29, 1.82) is 0 Å². The van der Waals surface area contributed by atoms with E-state index >= 15 is 0 Å². The van der Waals surface area contributed by atoms with Crippen LogP contribution in [0.5, 0.6) is 0 Å². The Hall–Kier alpha value is -1.03. The maximum Gasteiger partial charge on any atom is 0.203 e. The van der Waals surface area contributed by atoms with Crippen LogP contribution in [0.4, 0.5) is 5.95 Å². The molecule has 2 rings (SSSR count). The summed E-state index contributed by atoms with van der Waals surface area (Å²) in [6, 6.07) is 0. The van der Waals surface area contributed by atoms with Crippen LogP contribution in [0.2, 0.25) is 0 Å². The molecule has 1 N–H and O–H groups in total. The molecule has 17 heavy (non-hydrogen) atoms. The third-order valence-corrected chi connectivity index (χ3v) is 3.30. The zero-order valence-corrected chi connectivity index (χ0v) is 11.1. The highest BCUT2D eigenvalue weighted by molar-refractivity contribution is 5.28. The van der Waals surface area contributed by atoms with Crippen molar-refractivity contribution < 1.29 is 0 Å². The molecule has 96 valence electrons. The van der Waals surface area contributed by atoms with Crippen molar-refractivity contribution in [2.75, 3.05) is 31.5 Å². The van der Waals surface area contributed by atoms with E-state index < -0.39 is 0 Å². The van der Waals surface area contributed by atoms with E-state index in [9.17, 15) is 0 Å². The molecule has 1 fully saturated rings. The summed E-state index contributed by atoms with van der Waals surface area (Å²) in [5.74, 6) is 1.02. The van der Waals surface area contributed by atoms with Gasteiger partial charge in [-0.2, -0.15) is 0 Å². The molecule has 0 radical (unpaired) electrons. The van der Waals surface area contributed by atoms with Gasteiger partial charge in [0.05, 0.1) is 5.69 Å². The van der Waals surface area contributed by atoms with Crippen molar-refractivity contribution in [2.24, 2.45) is 0 Å². The van der Waals surface area contributed by atoms with Gasteiger partial charge < -0.3 is 14.8 Å². The summed E-state index contributed by atoms with van der Waals surface area (Å²) in [4.78, 5) is 7.06. The predicted octanol–water partition coefficient (Wildman–Crippen LogP) is 2.11. The Labute approximate surface area is 104 Å². The first-order valence-corrected chi connectivity index (χ1v) is 6.79. The van der Waals surface area contributed by atoms with Gasteiger partial charge in [-0.1, -0.05) is 0 Å². The Morgan fingerprint density at radius 3 is 2.76 bits per heavy atom. The van der Waals surface area contributed by atoms with E-state index in [4.69, 9.17) is 0 Å². The van der Waals surface area contributed by atoms with E-state index in [1.165, 1.54) is 38.9 Å². The summed E-state index contributed by atoms with van der Waals surface area (Å²) < 4.78 is 2.24. The van der Waals surface area contributed by atoms with Gasteiger partial charge in [0, 0.05) is 19.3 Å². The molecule has 4 nitrogen and oxygen atoms in total. The fourth-order valence-corrected chi connectivity index (χ4v) is 2.49. The maximum absolute atomic E-state index is 4.49. The first kappa shape index (κ1) is 12.4. The highest BCUT2D eigenvalue weighted by atomic mass is 15.2. The molecule has 1 aliphatic heterocycles. The second-order valence-electron chi connectivity index (χ2n) is 4.83. The largest absolute Gasteiger partial charge is 0.356 e. The predicted molar refractivity (Wildman–Crippen MR) is 71.4 cm³/mol. The number of aryl methyl sites for hydroxylation is 2. The fourth-order valence-electron chi connectivity index (χ4n) is 2.49.